The van der Waals surface area contributed by atoms with Crippen LogP contribution in [0.4, 0.5) is 4.39 Å². The molecular weight excluding hydrogens is 327 g/mol. The summed E-state index contributed by atoms with van der Waals surface area (Å²) in [7, 11) is 0. The summed E-state index contributed by atoms with van der Waals surface area (Å²) in [6.45, 7) is 1.51. The number of nitrogens with two attached hydrogens (primary N) is 1. The van der Waals surface area contributed by atoms with E-state index in [1.54, 1.807) is 18.2 Å². The van der Waals surface area contributed by atoms with Gasteiger partial charge in [0.1, 0.15) is 24.2 Å². The Balaban J connectivity index is 1.81. The minimum Gasteiger partial charge on any atom is -0.489 e. The van der Waals surface area contributed by atoms with Gasteiger partial charge >= 0.3 is 0 Å². The van der Waals surface area contributed by atoms with Crippen LogP contribution in [0.25, 0.3) is 0 Å². The van der Waals surface area contributed by atoms with Crippen molar-refractivity contribution in [3.63, 3.8) is 0 Å². The molecule has 0 unspecified atom stereocenters. The Morgan fingerprint density at radius 1 is 1.16 bits per heavy atom. The molecule has 6 nitrogen and oxygen atoms in total. The minimum atomic E-state index is -1.04. The van der Waals surface area contributed by atoms with Crippen LogP contribution in [0, 0.1) is 5.82 Å². The topological polar surface area (TPSA) is 89.7 Å². The number of nitrogens with zero attached hydrogens (tertiary/aromatic N) is 1. The van der Waals surface area contributed by atoms with Crippen LogP contribution < -0.4 is 10.5 Å². The van der Waals surface area contributed by atoms with Crippen molar-refractivity contribution in [1.29, 1.82) is 0 Å². The number of benzene rings is 2. The fourth-order valence-corrected chi connectivity index (χ4v) is 2.60. The van der Waals surface area contributed by atoms with Gasteiger partial charge in [0, 0.05) is 0 Å². The van der Waals surface area contributed by atoms with Crippen LogP contribution in [0.1, 0.15) is 33.2 Å². The number of fused-ring (bicyclic) bond motifs is 1. The molecule has 1 aliphatic rings. The van der Waals surface area contributed by atoms with E-state index in [1.807, 2.05) is 0 Å². The van der Waals surface area contributed by atoms with Crippen molar-refractivity contribution in [3.05, 3.63) is 65.0 Å². The largest absolute Gasteiger partial charge is 0.489 e. The molecule has 128 valence electrons. The molecule has 0 radical (unpaired) electrons. The maximum absolute atomic E-state index is 13.2. The lowest BCUT2D eigenvalue weighted by Gasteiger charge is -2.18. The second-order valence-electron chi connectivity index (χ2n) is 5.68. The van der Waals surface area contributed by atoms with Crippen molar-refractivity contribution >= 4 is 17.7 Å². The fourth-order valence-electron chi connectivity index (χ4n) is 2.60. The van der Waals surface area contributed by atoms with Gasteiger partial charge in [-0.3, -0.25) is 19.3 Å². The van der Waals surface area contributed by atoms with Crippen molar-refractivity contribution in [2.24, 2.45) is 5.73 Å². The van der Waals surface area contributed by atoms with Gasteiger partial charge in [-0.2, -0.15) is 0 Å². The van der Waals surface area contributed by atoms with Gasteiger partial charge in [-0.1, -0.05) is 12.1 Å². The molecule has 3 rings (SSSR count). The molecule has 7 heteroatoms. The Morgan fingerprint density at radius 2 is 1.88 bits per heavy atom. The lowest BCUT2D eigenvalue weighted by Crippen LogP contribution is -2.45. The standard InChI is InChI=1S/C18H15FN2O4/c1-10(16(20)22)21-17(23)14-6-5-13(8-15(14)18(21)24)25-9-11-3-2-4-12(19)7-11/h2-8,10H,9H2,1H3,(H2,20,22)/t10-/m0/s1. The number of imide groups is 1. The van der Waals surface area contributed by atoms with Gasteiger partial charge in [-0.05, 0) is 42.8 Å². The summed E-state index contributed by atoms with van der Waals surface area (Å²) in [6.07, 6.45) is 0. The van der Waals surface area contributed by atoms with Crippen LogP contribution in [0.15, 0.2) is 42.5 Å². The highest BCUT2D eigenvalue weighted by Gasteiger charge is 2.40. The number of primary amides is 1. The molecule has 2 aromatic rings. The molecule has 2 aromatic carbocycles. The molecule has 3 amide bonds. The third-order valence-corrected chi connectivity index (χ3v) is 3.98. The average molecular weight is 342 g/mol. The predicted molar refractivity (Wildman–Crippen MR) is 86.3 cm³/mol. The highest BCUT2D eigenvalue weighted by Crippen LogP contribution is 2.28. The molecule has 1 heterocycles. The van der Waals surface area contributed by atoms with E-state index in [0.717, 1.165) is 4.90 Å². The zero-order valence-electron chi connectivity index (χ0n) is 13.4. The molecule has 0 saturated heterocycles. The third-order valence-electron chi connectivity index (χ3n) is 3.98. The predicted octanol–water partition coefficient (Wildman–Crippen LogP) is 1.87. The summed E-state index contributed by atoms with van der Waals surface area (Å²) in [5.41, 5.74) is 6.16. The van der Waals surface area contributed by atoms with E-state index in [0.29, 0.717) is 11.3 Å². The number of carbonyl (C=O) groups excluding carboxylic acids is 3. The first-order chi connectivity index (χ1) is 11.9. The second-order valence-corrected chi connectivity index (χ2v) is 5.68. The first-order valence-corrected chi connectivity index (χ1v) is 7.57. The smallest absolute Gasteiger partial charge is 0.262 e. The monoisotopic (exact) mass is 342 g/mol. The molecule has 0 saturated carbocycles. The first kappa shape index (κ1) is 16.6. The summed E-state index contributed by atoms with van der Waals surface area (Å²) >= 11 is 0. The quantitative estimate of drug-likeness (QED) is 0.840. The normalized spacial score (nSPS) is 14.4. The fraction of sp³-hybridized carbons (Fsp3) is 0.167. The van der Waals surface area contributed by atoms with Crippen LogP contribution in [0.5, 0.6) is 5.75 Å². The van der Waals surface area contributed by atoms with Crippen LogP contribution in [-0.4, -0.2) is 28.7 Å². The summed E-state index contributed by atoms with van der Waals surface area (Å²) in [4.78, 5) is 36.9. The lowest BCUT2D eigenvalue weighted by molar-refractivity contribution is -0.121. The molecule has 0 fully saturated rings. The Morgan fingerprint density at radius 3 is 2.56 bits per heavy atom. The zero-order chi connectivity index (χ0) is 18.1. The lowest BCUT2D eigenvalue weighted by atomic mass is 10.1. The van der Waals surface area contributed by atoms with Crippen molar-refractivity contribution in [1.82, 2.24) is 4.90 Å². The molecule has 0 aromatic heterocycles. The SMILES string of the molecule is C[C@@H](C(N)=O)N1C(=O)c2ccc(OCc3cccc(F)c3)cc2C1=O. The van der Waals surface area contributed by atoms with Crippen LogP contribution >= 0.6 is 0 Å². The summed E-state index contributed by atoms with van der Waals surface area (Å²) in [6, 6.07) is 9.36. The molecule has 0 bridgehead atoms. The molecular formula is C18H15FN2O4. The first-order valence-electron chi connectivity index (χ1n) is 7.57. The van der Waals surface area contributed by atoms with Gasteiger partial charge in [0.2, 0.25) is 5.91 Å². The number of hydrogen-bond donors (Lipinski definition) is 1. The van der Waals surface area contributed by atoms with Gasteiger partial charge in [0.15, 0.2) is 0 Å². The van der Waals surface area contributed by atoms with Crippen molar-refractivity contribution < 1.29 is 23.5 Å². The Hall–Kier alpha value is -3.22. The van der Waals surface area contributed by atoms with Crippen LogP contribution in [0.3, 0.4) is 0 Å². The summed E-state index contributed by atoms with van der Waals surface area (Å²) in [5.74, 6) is -1.94. The summed E-state index contributed by atoms with van der Waals surface area (Å²) < 4.78 is 18.7. The maximum atomic E-state index is 13.2. The second kappa shape index (κ2) is 6.35. The van der Waals surface area contributed by atoms with Crippen LogP contribution in [-0.2, 0) is 11.4 Å². The van der Waals surface area contributed by atoms with Gasteiger partial charge < -0.3 is 10.5 Å². The highest BCUT2D eigenvalue weighted by atomic mass is 19.1. The minimum absolute atomic E-state index is 0.111. The van der Waals surface area contributed by atoms with Gasteiger partial charge in [-0.25, -0.2) is 4.39 Å². The number of amides is 3. The zero-order valence-corrected chi connectivity index (χ0v) is 13.4. The molecule has 1 atom stereocenters. The van der Waals surface area contributed by atoms with E-state index in [1.165, 1.54) is 31.2 Å². The van der Waals surface area contributed by atoms with Crippen LogP contribution in [0.2, 0.25) is 0 Å². The van der Waals surface area contributed by atoms with Crippen molar-refractivity contribution in [3.8, 4) is 5.75 Å². The number of halogens is 1. The number of ether oxygens (including phenoxy) is 1. The number of rotatable bonds is 5. The van der Waals surface area contributed by atoms with Crippen molar-refractivity contribution in [2.45, 2.75) is 19.6 Å². The van der Waals surface area contributed by atoms with E-state index in [2.05, 4.69) is 0 Å². The third kappa shape index (κ3) is 3.08. The van der Waals surface area contributed by atoms with E-state index >= 15 is 0 Å². The number of hydrogen-bond acceptors (Lipinski definition) is 4. The number of carbonyl (C=O) groups is 3. The maximum Gasteiger partial charge on any atom is 0.262 e. The Kier molecular flexibility index (Phi) is 4.22. The van der Waals surface area contributed by atoms with Gasteiger partial charge in [0.25, 0.3) is 11.8 Å². The average Bonchev–Trinajstić information content (AvgIpc) is 2.83. The van der Waals surface area contributed by atoms with E-state index in [9.17, 15) is 18.8 Å². The molecule has 25 heavy (non-hydrogen) atoms. The summed E-state index contributed by atoms with van der Waals surface area (Å²) in [5, 5.41) is 0. The van der Waals surface area contributed by atoms with E-state index < -0.39 is 23.8 Å². The van der Waals surface area contributed by atoms with Gasteiger partial charge in [-0.15, -0.1) is 0 Å². The van der Waals surface area contributed by atoms with Gasteiger partial charge in [0.05, 0.1) is 11.1 Å². The Bertz CT molecular complexity index is 881. The van der Waals surface area contributed by atoms with Crippen molar-refractivity contribution in [2.75, 3.05) is 0 Å². The molecule has 0 aliphatic carbocycles. The van der Waals surface area contributed by atoms with E-state index in [4.69, 9.17) is 10.5 Å². The molecule has 0 spiro atoms. The Labute approximate surface area is 143 Å². The molecule has 2 N–H and O–H groups in total. The van der Waals surface area contributed by atoms with E-state index in [-0.39, 0.29) is 23.6 Å². The molecule has 1 aliphatic heterocycles. The highest BCUT2D eigenvalue weighted by molar-refractivity contribution is 6.22.